The summed E-state index contributed by atoms with van der Waals surface area (Å²) in [5, 5.41) is 10.6. The van der Waals surface area contributed by atoms with E-state index >= 15 is 0 Å². The molecular formula is C12H15NO4. The summed E-state index contributed by atoms with van der Waals surface area (Å²) in [5.74, 6) is -0.256. The van der Waals surface area contributed by atoms with Gasteiger partial charge in [0.2, 0.25) is 0 Å². The minimum absolute atomic E-state index is 0.0867. The minimum atomic E-state index is -0.413. The van der Waals surface area contributed by atoms with Crippen molar-refractivity contribution in [2.75, 3.05) is 7.11 Å². The fourth-order valence-electron chi connectivity index (χ4n) is 1.57. The van der Waals surface area contributed by atoms with Gasteiger partial charge in [0.1, 0.15) is 0 Å². The highest BCUT2D eigenvalue weighted by Gasteiger charge is 2.09. The summed E-state index contributed by atoms with van der Waals surface area (Å²) in [6.07, 6.45) is 1.61. The van der Waals surface area contributed by atoms with Gasteiger partial charge in [-0.1, -0.05) is 6.07 Å². The lowest BCUT2D eigenvalue weighted by Gasteiger charge is -2.05. The van der Waals surface area contributed by atoms with E-state index in [1.165, 1.54) is 13.2 Å². The Bertz CT molecular complexity index is 429. The van der Waals surface area contributed by atoms with Crippen LogP contribution in [0.5, 0.6) is 0 Å². The van der Waals surface area contributed by atoms with Crippen molar-refractivity contribution in [1.29, 1.82) is 0 Å². The summed E-state index contributed by atoms with van der Waals surface area (Å²) < 4.78 is 4.53. The molecule has 0 unspecified atom stereocenters. The van der Waals surface area contributed by atoms with Crippen molar-refractivity contribution in [2.24, 2.45) is 0 Å². The van der Waals surface area contributed by atoms with Crippen molar-refractivity contribution in [3.63, 3.8) is 0 Å². The second-order valence-electron chi connectivity index (χ2n) is 3.80. The van der Waals surface area contributed by atoms with Crippen LogP contribution in [0.1, 0.15) is 24.0 Å². The monoisotopic (exact) mass is 237 g/mol. The van der Waals surface area contributed by atoms with Gasteiger partial charge < -0.3 is 4.74 Å². The molecule has 0 atom stereocenters. The average Bonchev–Trinajstić information content (AvgIpc) is 2.30. The number of ether oxygens (including phenoxy) is 1. The molecule has 1 aromatic rings. The Morgan fingerprint density at radius 3 is 2.76 bits per heavy atom. The number of hydrogen-bond acceptors (Lipinski definition) is 4. The summed E-state index contributed by atoms with van der Waals surface area (Å²) in [6, 6.07) is 4.78. The molecular weight excluding hydrogens is 222 g/mol. The van der Waals surface area contributed by atoms with Crippen molar-refractivity contribution in [3.05, 3.63) is 39.4 Å². The molecule has 5 heteroatoms. The van der Waals surface area contributed by atoms with Crippen LogP contribution in [0, 0.1) is 17.0 Å². The molecule has 1 rings (SSSR count). The molecule has 0 saturated carbocycles. The van der Waals surface area contributed by atoms with Crippen LogP contribution in [0.25, 0.3) is 0 Å². The minimum Gasteiger partial charge on any atom is -0.469 e. The van der Waals surface area contributed by atoms with Gasteiger partial charge in [-0.25, -0.2) is 0 Å². The van der Waals surface area contributed by atoms with Crippen molar-refractivity contribution in [1.82, 2.24) is 0 Å². The Hall–Kier alpha value is -1.91. The molecule has 0 fully saturated rings. The normalized spacial score (nSPS) is 10.0. The first-order valence-electron chi connectivity index (χ1n) is 5.35. The number of methoxy groups -OCH3 is 1. The van der Waals surface area contributed by atoms with Crippen LogP contribution in [0.15, 0.2) is 18.2 Å². The van der Waals surface area contributed by atoms with Crippen LogP contribution in [-0.4, -0.2) is 18.0 Å². The average molecular weight is 237 g/mol. The highest BCUT2D eigenvalue weighted by molar-refractivity contribution is 5.69. The van der Waals surface area contributed by atoms with Crippen LogP contribution in [0.2, 0.25) is 0 Å². The van der Waals surface area contributed by atoms with Crippen LogP contribution in [0.4, 0.5) is 5.69 Å². The largest absolute Gasteiger partial charge is 0.469 e. The molecule has 1 aromatic carbocycles. The maximum absolute atomic E-state index is 10.9. The molecule has 0 saturated heterocycles. The van der Waals surface area contributed by atoms with E-state index in [2.05, 4.69) is 4.74 Å². The zero-order chi connectivity index (χ0) is 12.8. The molecule has 0 heterocycles. The van der Waals surface area contributed by atoms with Crippen LogP contribution >= 0.6 is 0 Å². The highest BCUT2D eigenvalue weighted by atomic mass is 16.6. The lowest BCUT2D eigenvalue weighted by Crippen LogP contribution is -2.01. The zero-order valence-electron chi connectivity index (χ0n) is 9.93. The summed E-state index contributed by atoms with van der Waals surface area (Å²) in [4.78, 5) is 21.1. The lowest BCUT2D eigenvalue weighted by molar-refractivity contribution is -0.384. The molecule has 0 aliphatic heterocycles. The number of benzene rings is 1. The Kier molecular flexibility index (Phi) is 4.63. The van der Waals surface area contributed by atoms with Gasteiger partial charge in [0.15, 0.2) is 0 Å². The second kappa shape index (κ2) is 5.98. The molecule has 0 N–H and O–H groups in total. The number of nitrogens with zero attached hydrogens (tertiary/aromatic N) is 1. The Morgan fingerprint density at radius 2 is 2.18 bits per heavy atom. The number of non-ortho nitro benzene ring substituents is 1. The number of nitro groups is 1. The van der Waals surface area contributed by atoms with Gasteiger partial charge in [0.05, 0.1) is 12.0 Å². The van der Waals surface area contributed by atoms with Gasteiger partial charge in [0, 0.05) is 18.6 Å². The van der Waals surface area contributed by atoms with Gasteiger partial charge in [-0.3, -0.25) is 14.9 Å². The number of nitro benzene ring substituents is 1. The van der Waals surface area contributed by atoms with Gasteiger partial charge in [-0.2, -0.15) is 0 Å². The Labute approximate surface area is 99.5 Å². The molecule has 0 amide bonds. The predicted molar refractivity (Wildman–Crippen MR) is 62.8 cm³/mol. The lowest BCUT2D eigenvalue weighted by atomic mass is 10.0. The van der Waals surface area contributed by atoms with Crippen molar-refractivity contribution < 1.29 is 14.5 Å². The molecule has 0 aliphatic carbocycles. The molecule has 0 bridgehead atoms. The van der Waals surface area contributed by atoms with Crippen molar-refractivity contribution in [3.8, 4) is 0 Å². The second-order valence-corrected chi connectivity index (χ2v) is 3.80. The molecule has 0 aromatic heterocycles. The first-order valence-corrected chi connectivity index (χ1v) is 5.35. The first-order chi connectivity index (χ1) is 8.04. The Morgan fingerprint density at radius 1 is 1.47 bits per heavy atom. The number of hydrogen-bond donors (Lipinski definition) is 0. The fraction of sp³-hybridized carbons (Fsp3) is 0.417. The predicted octanol–water partition coefficient (Wildman–Crippen LogP) is 2.40. The third-order valence-corrected chi connectivity index (χ3v) is 2.60. The number of carbonyl (C=O) groups excluding carboxylic acids is 1. The van der Waals surface area contributed by atoms with Crippen molar-refractivity contribution in [2.45, 2.75) is 26.2 Å². The van der Waals surface area contributed by atoms with Gasteiger partial charge in [-0.15, -0.1) is 0 Å². The van der Waals surface area contributed by atoms with E-state index < -0.39 is 4.92 Å². The fourth-order valence-corrected chi connectivity index (χ4v) is 1.57. The van der Waals surface area contributed by atoms with Gasteiger partial charge in [-0.05, 0) is 30.9 Å². The van der Waals surface area contributed by atoms with Crippen molar-refractivity contribution >= 4 is 11.7 Å². The number of rotatable bonds is 5. The van der Waals surface area contributed by atoms with Crippen LogP contribution < -0.4 is 0 Å². The molecule has 92 valence electrons. The quantitative estimate of drug-likeness (QED) is 0.448. The van der Waals surface area contributed by atoms with E-state index in [0.717, 1.165) is 11.1 Å². The number of aryl methyl sites for hydroxylation is 2. The third kappa shape index (κ3) is 3.86. The summed E-state index contributed by atoms with van der Waals surface area (Å²) in [7, 11) is 1.35. The Balaban J connectivity index is 2.66. The molecule has 0 radical (unpaired) electrons. The maximum atomic E-state index is 10.9. The summed E-state index contributed by atoms with van der Waals surface area (Å²) >= 11 is 0. The molecule has 0 spiro atoms. The maximum Gasteiger partial charge on any atom is 0.305 e. The van der Waals surface area contributed by atoms with Gasteiger partial charge in [0.25, 0.3) is 5.69 Å². The van der Waals surface area contributed by atoms with E-state index in [4.69, 9.17) is 0 Å². The summed E-state index contributed by atoms with van der Waals surface area (Å²) in [6.45, 7) is 1.90. The number of esters is 1. The van der Waals surface area contributed by atoms with Crippen LogP contribution in [-0.2, 0) is 16.0 Å². The van der Waals surface area contributed by atoms with E-state index in [-0.39, 0.29) is 11.7 Å². The van der Waals surface area contributed by atoms with Crippen LogP contribution in [0.3, 0.4) is 0 Å². The van der Waals surface area contributed by atoms with E-state index in [9.17, 15) is 14.9 Å². The first kappa shape index (κ1) is 13.2. The third-order valence-electron chi connectivity index (χ3n) is 2.60. The number of carbonyl (C=O) groups is 1. The topological polar surface area (TPSA) is 69.4 Å². The SMILES string of the molecule is COC(=O)CCCc1cc([N+](=O)[O-])ccc1C. The van der Waals surface area contributed by atoms with E-state index in [1.807, 2.05) is 6.92 Å². The molecule has 17 heavy (non-hydrogen) atoms. The van der Waals surface area contributed by atoms with Gasteiger partial charge >= 0.3 is 5.97 Å². The standard InChI is InChI=1S/C12H15NO4/c1-9-6-7-11(13(15)16)8-10(9)4-3-5-12(14)17-2/h6-8H,3-5H2,1-2H3. The van der Waals surface area contributed by atoms with E-state index in [1.54, 1.807) is 12.1 Å². The zero-order valence-corrected chi connectivity index (χ0v) is 9.93. The molecule has 5 nitrogen and oxygen atoms in total. The smallest absolute Gasteiger partial charge is 0.305 e. The molecule has 0 aliphatic rings. The summed E-state index contributed by atoms with van der Waals surface area (Å²) in [5.41, 5.74) is 1.99. The van der Waals surface area contributed by atoms with E-state index in [0.29, 0.717) is 19.3 Å². The highest BCUT2D eigenvalue weighted by Crippen LogP contribution is 2.19.